The smallest absolute Gasteiger partial charge is 0.259 e. The topological polar surface area (TPSA) is 71.5 Å². The monoisotopic (exact) mass is 387 g/mol. The number of rotatable bonds is 6. The van der Waals surface area contributed by atoms with Crippen molar-refractivity contribution in [1.29, 1.82) is 0 Å². The maximum atomic E-state index is 12.8. The van der Waals surface area contributed by atoms with Crippen LogP contribution < -0.4 is 15.0 Å². The van der Waals surface area contributed by atoms with Crippen LogP contribution in [0.25, 0.3) is 0 Å². The van der Waals surface area contributed by atoms with Crippen molar-refractivity contribution in [3.05, 3.63) is 84.2 Å². The first-order chi connectivity index (χ1) is 14.2. The summed E-state index contributed by atoms with van der Waals surface area (Å²) in [4.78, 5) is 30.8. The molecule has 1 aliphatic rings. The van der Waals surface area contributed by atoms with E-state index in [1.807, 2.05) is 48.5 Å². The van der Waals surface area contributed by atoms with Crippen LogP contribution in [0.2, 0.25) is 0 Å². The highest BCUT2D eigenvalue weighted by Crippen LogP contribution is 2.32. The van der Waals surface area contributed by atoms with Crippen molar-refractivity contribution in [2.75, 3.05) is 23.4 Å². The Hall–Kier alpha value is -3.67. The highest BCUT2D eigenvalue weighted by Gasteiger charge is 2.26. The first-order valence-corrected chi connectivity index (χ1v) is 9.53. The first kappa shape index (κ1) is 18.7. The van der Waals surface area contributed by atoms with Gasteiger partial charge in [0.2, 0.25) is 5.91 Å². The largest absolute Gasteiger partial charge is 0.493 e. The number of anilines is 2. The normalized spacial score (nSPS) is 12.3. The number of ether oxygens (including phenoxy) is 1. The fourth-order valence-corrected chi connectivity index (χ4v) is 3.31. The van der Waals surface area contributed by atoms with E-state index in [-0.39, 0.29) is 18.2 Å². The van der Waals surface area contributed by atoms with Crippen molar-refractivity contribution >= 4 is 23.2 Å². The number of nitrogens with one attached hydrogen (secondary N) is 1. The van der Waals surface area contributed by atoms with Gasteiger partial charge >= 0.3 is 0 Å². The third-order valence-corrected chi connectivity index (χ3v) is 4.76. The lowest BCUT2D eigenvalue weighted by atomic mass is 10.1. The SMILES string of the molecule is O=C(CCOc1ccccc1)Nc1ccc2c(c1)N(C(=O)c1cccnc1)CC2. The molecule has 6 nitrogen and oxygen atoms in total. The zero-order valence-corrected chi connectivity index (χ0v) is 15.9. The van der Waals surface area contributed by atoms with Gasteiger partial charge in [0.25, 0.3) is 5.91 Å². The Morgan fingerprint density at radius 2 is 1.93 bits per heavy atom. The molecule has 1 aliphatic heterocycles. The fourth-order valence-electron chi connectivity index (χ4n) is 3.31. The Bertz CT molecular complexity index is 1010. The molecule has 2 aromatic carbocycles. The second kappa shape index (κ2) is 8.56. The van der Waals surface area contributed by atoms with Crippen LogP contribution in [0.3, 0.4) is 0 Å². The third kappa shape index (κ3) is 4.43. The number of hydrogen-bond acceptors (Lipinski definition) is 4. The van der Waals surface area contributed by atoms with Crippen LogP contribution in [0, 0.1) is 0 Å². The standard InChI is InChI=1S/C23H21N3O3/c27-22(11-14-29-20-6-2-1-3-7-20)25-19-9-8-17-10-13-26(21(17)15-19)23(28)18-5-4-12-24-16-18/h1-9,12,15-16H,10-11,13-14H2,(H,25,27). The summed E-state index contributed by atoms with van der Waals surface area (Å²) >= 11 is 0. The van der Waals surface area contributed by atoms with Crippen molar-refractivity contribution in [1.82, 2.24) is 4.98 Å². The molecular formula is C23H21N3O3. The summed E-state index contributed by atoms with van der Waals surface area (Å²) in [5, 5.41) is 2.89. The second-order valence-corrected chi connectivity index (χ2v) is 6.75. The molecule has 1 aromatic heterocycles. The summed E-state index contributed by atoms with van der Waals surface area (Å²) < 4.78 is 5.57. The number of para-hydroxylation sites is 1. The van der Waals surface area contributed by atoms with Crippen LogP contribution in [0.1, 0.15) is 22.3 Å². The molecule has 29 heavy (non-hydrogen) atoms. The van der Waals surface area contributed by atoms with E-state index in [0.717, 1.165) is 23.4 Å². The summed E-state index contributed by atoms with van der Waals surface area (Å²) in [5.74, 6) is 0.517. The molecule has 0 spiro atoms. The zero-order valence-electron chi connectivity index (χ0n) is 15.9. The molecule has 146 valence electrons. The molecule has 0 fully saturated rings. The fraction of sp³-hybridized carbons (Fsp3) is 0.174. The molecule has 0 bridgehead atoms. The quantitative estimate of drug-likeness (QED) is 0.700. The molecule has 0 saturated carbocycles. The number of aromatic nitrogens is 1. The molecule has 0 saturated heterocycles. The van der Waals surface area contributed by atoms with E-state index >= 15 is 0 Å². The minimum absolute atomic E-state index is 0.0865. The molecule has 0 unspecified atom stereocenters. The van der Waals surface area contributed by atoms with Crippen molar-refractivity contribution in [3.8, 4) is 5.75 Å². The predicted octanol–water partition coefficient (Wildman–Crippen LogP) is 3.69. The van der Waals surface area contributed by atoms with Crippen molar-refractivity contribution < 1.29 is 14.3 Å². The van der Waals surface area contributed by atoms with Crippen molar-refractivity contribution in [3.63, 3.8) is 0 Å². The van der Waals surface area contributed by atoms with Crippen LogP contribution in [0.5, 0.6) is 5.75 Å². The van der Waals surface area contributed by atoms with Crippen LogP contribution in [0.15, 0.2) is 73.1 Å². The molecule has 0 atom stereocenters. The number of carbonyl (C=O) groups excluding carboxylic acids is 2. The minimum atomic E-state index is -0.135. The Balaban J connectivity index is 1.39. The molecule has 2 amide bonds. The summed E-state index contributed by atoms with van der Waals surface area (Å²) in [7, 11) is 0. The van der Waals surface area contributed by atoms with E-state index in [1.54, 1.807) is 29.4 Å². The molecule has 2 heterocycles. The molecule has 1 N–H and O–H groups in total. The van der Waals surface area contributed by atoms with Crippen LogP contribution >= 0.6 is 0 Å². The van der Waals surface area contributed by atoms with Crippen LogP contribution in [-0.4, -0.2) is 29.9 Å². The summed E-state index contributed by atoms with van der Waals surface area (Å²) in [6.45, 7) is 0.914. The van der Waals surface area contributed by atoms with Gasteiger partial charge in [0.1, 0.15) is 5.75 Å². The zero-order chi connectivity index (χ0) is 20.1. The molecule has 6 heteroatoms. The number of nitrogens with zero attached hydrogens (tertiary/aromatic N) is 2. The Labute approximate surface area is 169 Å². The number of hydrogen-bond donors (Lipinski definition) is 1. The Kier molecular flexibility index (Phi) is 5.52. The van der Waals surface area contributed by atoms with E-state index in [2.05, 4.69) is 10.3 Å². The maximum Gasteiger partial charge on any atom is 0.259 e. The van der Waals surface area contributed by atoms with E-state index < -0.39 is 0 Å². The van der Waals surface area contributed by atoms with E-state index in [9.17, 15) is 9.59 Å². The second-order valence-electron chi connectivity index (χ2n) is 6.75. The number of benzene rings is 2. The average molecular weight is 387 g/mol. The highest BCUT2D eigenvalue weighted by atomic mass is 16.5. The lowest BCUT2D eigenvalue weighted by Crippen LogP contribution is -2.29. The van der Waals surface area contributed by atoms with Gasteiger partial charge in [-0.25, -0.2) is 0 Å². The maximum absolute atomic E-state index is 12.8. The van der Waals surface area contributed by atoms with Gasteiger partial charge in [-0.1, -0.05) is 24.3 Å². The lowest BCUT2D eigenvalue weighted by Gasteiger charge is -2.18. The van der Waals surface area contributed by atoms with Crippen molar-refractivity contribution in [2.24, 2.45) is 0 Å². The lowest BCUT2D eigenvalue weighted by molar-refractivity contribution is -0.116. The highest BCUT2D eigenvalue weighted by molar-refractivity contribution is 6.07. The number of amides is 2. The molecule has 0 radical (unpaired) electrons. The van der Waals surface area contributed by atoms with E-state index in [1.165, 1.54) is 0 Å². The van der Waals surface area contributed by atoms with Gasteiger partial charge in [-0.2, -0.15) is 0 Å². The molecule has 4 rings (SSSR count). The first-order valence-electron chi connectivity index (χ1n) is 9.53. The summed E-state index contributed by atoms with van der Waals surface area (Å²) in [6.07, 6.45) is 4.24. The van der Waals surface area contributed by atoms with Gasteiger partial charge < -0.3 is 15.0 Å². The minimum Gasteiger partial charge on any atom is -0.493 e. The molecule has 0 aliphatic carbocycles. The summed E-state index contributed by atoms with van der Waals surface area (Å²) in [6, 6.07) is 18.6. The van der Waals surface area contributed by atoms with Gasteiger partial charge in [0.15, 0.2) is 0 Å². The Morgan fingerprint density at radius 3 is 2.72 bits per heavy atom. The molecule has 3 aromatic rings. The van der Waals surface area contributed by atoms with Gasteiger partial charge in [-0.05, 0) is 48.4 Å². The van der Waals surface area contributed by atoms with Gasteiger partial charge in [0.05, 0.1) is 18.6 Å². The van der Waals surface area contributed by atoms with Gasteiger partial charge in [-0.15, -0.1) is 0 Å². The van der Waals surface area contributed by atoms with Gasteiger partial charge in [0, 0.05) is 30.3 Å². The van der Waals surface area contributed by atoms with E-state index in [0.29, 0.717) is 24.4 Å². The Morgan fingerprint density at radius 1 is 1.07 bits per heavy atom. The predicted molar refractivity (Wildman–Crippen MR) is 111 cm³/mol. The van der Waals surface area contributed by atoms with Gasteiger partial charge in [-0.3, -0.25) is 14.6 Å². The third-order valence-electron chi connectivity index (χ3n) is 4.76. The molecular weight excluding hydrogens is 366 g/mol. The van der Waals surface area contributed by atoms with E-state index in [4.69, 9.17) is 4.74 Å². The van der Waals surface area contributed by atoms with Crippen molar-refractivity contribution in [2.45, 2.75) is 12.8 Å². The van der Waals surface area contributed by atoms with Crippen LogP contribution in [-0.2, 0) is 11.2 Å². The number of pyridine rings is 1. The average Bonchev–Trinajstić information content (AvgIpc) is 3.18. The summed E-state index contributed by atoms with van der Waals surface area (Å²) in [5.41, 5.74) is 3.14. The number of carbonyl (C=O) groups is 2. The number of fused-ring (bicyclic) bond motifs is 1. The van der Waals surface area contributed by atoms with Crippen LogP contribution in [0.4, 0.5) is 11.4 Å².